The van der Waals surface area contributed by atoms with E-state index >= 15 is 0 Å². The Morgan fingerprint density at radius 3 is 3.10 bits per heavy atom. The number of rotatable bonds is 4. The van der Waals surface area contributed by atoms with E-state index in [0.29, 0.717) is 13.0 Å². The van der Waals surface area contributed by atoms with Gasteiger partial charge in [0, 0.05) is 11.0 Å². The molecule has 0 radical (unpaired) electrons. The van der Waals surface area contributed by atoms with Crippen LogP contribution in [0.2, 0.25) is 0 Å². The van der Waals surface area contributed by atoms with Crippen LogP contribution in [0, 0.1) is 0 Å². The first kappa shape index (κ1) is 4.94. The zero-order valence-electron chi connectivity index (χ0n) is 9.09. The van der Waals surface area contributed by atoms with Crippen molar-refractivity contribution in [2.75, 3.05) is 6.61 Å². The van der Waals surface area contributed by atoms with E-state index < -0.39 is 6.85 Å². The lowest BCUT2D eigenvalue weighted by molar-refractivity contribution is -0.140. The van der Waals surface area contributed by atoms with E-state index in [1.807, 2.05) is 0 Å². The molecule has 2 nitrogen and oxygen atoms in total. The fraction of sp³-hybridized carbons (Fsp3) is 0.625. The summed E-state index contributed by atoms with van der Waals surface area (Å²) in [5, 5.41) is 0. The van der Waals surface area contributed by atoms with E-state index in [2.05, 4.69) is 4.74 Å². The van der Waals surface area contributed by atoms with Crippen LogP contribution in [0.1, 0.15) is 30.7 Å². The minimum absolute atomic E-state index is 0.0626. The van der Waals surface area contributed by atoms with E-state index in [-0.39, 0.29) is 12.4 Å². The van der Waals surface area contributed by atoms with Crippen LogP contribution in [0.4, 0.5) is 0 Å². The van der Waals surface area contributed by atoms with Gasteiger partial charge in [0.1, 0.15) is 0 Å². The molecule has 0 aliphatic carbocycles. The molecule has 0 N–H and O–H groups in total. The highest BCUT2D eigenvalue weighted by atomic mass is 16.5. The Bertz CT molecular complexity index is 184. The van der Waals surface area contributed by atoms with Crippen molar-refractivity contribution in [2.45, 2.75) is 26.6 Å². The molecule has 0 spiro atoms. The molecule has 0 aliphatic heterocycles. The molecule has 0 unspecified atom stereocenters. The normalized spacial score (nSPS) is 15.9. The quantitative estimate of drug-likeness (QED) is 0.343. The Morgan fingerprint density at radius 2 is 2.50 bits per heavy atom. The molecule has 0 aromatic carbocycles. The molecule has 0 rings (SSSR count). The van der Waals surface area contributed by atoms with E-state index in [0.717, 1.165) is 0 Å². The second-order valence-corrected chi connectivity index (χ2v) is 1.80. The summed E-state index contributed by atoms with van der Waals surface area (Å²) in [5.74, 6) is -0.316. The highest BCUT2D eigenvalue weighted by molar-refractivity contribution is 5.65. The van der Waals surface area contributed by atoms with E-state index in [1.165, 1.54) is 6.92 Å². The van der Waals surface area contributed by atoms with Gasteiger partial charge in [0.15, 0.2) is 0 Å². The van der Waals surface area contributed by atoms with Crippen molar-refractivity contribution in [3.63, 3.8) is 0 Å². The Morgan fingerprint density at radius 1 is 1.70 bits per heavy atom. The average molecular weight is 145 g/mol. The summed E-state index contributed by atoms with van der Waals surface area (Å²) in [6.07, 6.45) is 3.91. The molecule has 2 heteroatoms. The molecule has 0 amide bonds. The molecule has 0 fully saturated rings. The van der Waals surface area contributed by atoms with Crippen LogP contribution < -0.4 is 0 Å². The zero-order valence-corrected chi connectivity index (χ0v) is 6.09. The van der Waals surface area contributed by atoms with Gasteiger partial charge >= 0.3 is 5.97 Å². The molecule has 0 saturated carbocycles. The number of carbonyl (C=O) groups is 1. The van der Waals surface area contributed by atoms with Crippen molar-refractivity contribution in [3.05, 3.63) is 12.2 Å². The summed E-state index contributed by atoms with van der Waals surface area (Å²) >= 11 is 0. The lowest BCUT2D eigenvalue weighted by Crippen LogP contribution is -1.98. The number of esters is 1. The standard InChI is InChI=1S/C8H14O2/c1-3-4-5-6-7-10-8(2)9/h4-5H,3,6-7H2,1-2H3/b5-4-/i1D3. The third kappa shape index (κ3) is 7.21. The third-order valence-electron chi connectivity index (χ3n) is 0.874. The van der Waals surface area contributed by atoms with Crippen molar-refractivity contribution in [3.8, 4) is 0 Å². The van der Waals surface area contributed by atoms with Crippen molar-refractivity contribution >= 4 is 5.97 Å². The topological polar surface area (TPSA) is 26.3 Å². The fourth-order valence-electron chi connectivity index (χ4n) is 0.472. The first-order chi connectivity index (χ1) is 5.92. The SMILES string of the molecule is [2H]C([2H])([2H])C/C=C\CCOC(C)=O. The second-order valence-electron chi connectivity index (χ2n) is 1.80. The fourth-order valence-corrected chi connectivity index (χ4v) is 0.472. The second kappa shape index (κ2) is 6.33. The van der Waals surface area contributed by atoms with E-state index in [9.17, 15) is 4.79 Å². The highest BCUT2D eigenvalue weighted by Crippen LogP contribution is 1.87. The average Bonchev–Trinajstić information content (AvgIpc) is 1.93. The van der Waals surface area contributed by atoms with Crippen LogP contribution >= 0.6 is 0 Å². The third-order valence-corrected chi connectivity index (χ3v) is 0.874. The van der Waals surface area contributed by atoms with E-state index in [1.54, 1.807) is 12.2 Å². The maximum Gasteiger partial charge on any atom is 0.302 e. The molecule has 10 heavy (non-hydrogen) atoms. The smallest absolute Gasteiger partial charge is 0.302 e. The first-order valence-electron chi connectivity index (χ1n) is 4.70. The molecule has 0 aliphatic rings. The van der Waals surface area contributed by atoms with Crippen LogP contribution in [0.3, 0.4) is 0 Å². The maximum absolute atomic E-state index is 10.3. The molecule has 0 atom stereocenters. The number of ether oxygens (including phenoxy) is 1. The Hall–Kier alpha value is -0.790. The Kier molecular flexibility index (Phi) is 3.13. The van der Waals surface area contributed by atoms with Gasteiger partial charge in [-0.15, -0.1) is 0 Å². The number of allylic oxidation sites excluding steroid dienone is 1. The van der Waals surface area contributed by atoms with Gasteiger partial charge in [0.05, 0.1) is 6.61 Å². The van der Waals surface area contributed by atoms with Crippen molar-refractivity contribution in [1.29, 1.82) is 0 Å². The minimum atomic E-state index is -1.90. The van der Waals surface area contributed by atoms with Crippen LogP contribution in [0.5, 0.6) is 0 Å². The van der Waals surface area contributed by atoms with Gasteiger partial charge in [-0.25, -0.2) is 0 Å². The van der Waals surface area contributed by atoms with Crippen LogP contribution in [0.15, 0.2) is 12.2 Å². The van der Waals surface area contributed by atoms with Gasteiger partial charge in [-0.3, -0.25) is 4.79 Å². The molecule has 0 saturated heterocycles. The largest absolute Gasteiger partial charge is 0.466 e. The summed E-state index contributed by atoms with van der Waals surface area (Å²) < 4.78 is 25.3. The highest BCUT2D eigenvalue weighted by Gasteiger charge is 1.87. The molecule has 0 heterocycles. The molecule has 0 bridgehead atoms. The summed E-state index contributed by atoms with van der Waals surface area (Å²) in [7, 11) is 0. The Balaban J connectivity index is 3.38. The molecule has 0 aromatic rings. The Labute approximate surface area is 66.1 Å². The number of carbonyl (C=O) groups excluding carboxylic acids is 1. The molecular formula is C8H14O2. The van der Waals surface area contributed by atoms with Crippen molar-refractivity contribution in [1.82, 2.24) is 0 Å². The number of hydrogen-bond donors (Lipinski definition) is 0. The number of hydrogen-bond acceptors (Lipinski definition) is 2. The van der Waals surface area contributed by atoms with Gasteiger partial charge in [-0.2, -0.15) is 0 Å². The van der Waals surface area contributed by atoms with Gasteiger partial charge in [0.25, 0.3) is 0 Å². The van der Waals surface area contributed by atoms with Crippen LogP contribution in [-0.4, -0.2) is 12.6 Å². The van der Waals surface area contributed by atoms with Crippen LogP contribution in [0.25, 0.3) is 0 Å². The van der Waals surface area contributed by atoms with Gasteiger partial charge in [-0.1, -0.05) is 19.0 Å². The first-order valence-corrected chi connectivity index (χ1v) is 3.20. The van der Waals surface area contributed by atoms with Crippen LogP contribution in [-0.2, 0) is 9.53 Å². The van der Waals surface area contributed by atoms with Crippen molar-refractivity contribution in [2.24, 2.45) is 0 Å². The van der Waals surface area contributed by atoms with Gasteiger partial charge in [-0.05, 0) is 12.8 Å². The lowest BCUT2D eigenvalue weighted by atomic mass is 10.3. The van der Waals surface area contributed by atoms with Crippen molar-refractivity contribution < 1.29 is 13.6 Å². The van der Waals surface area contributed by atoms with Gasteiger partial charge < -0.3 is 4.74 Å². The predicted molar refractivity (Wildman–Crippen MR) is 40.7 cm³/mol. The summed E-state index contributed by atoms with van der Waals surface area (Å²) in [4.78, 5) is 10.3. The zero-order chi connectivity index (χ0) is 10.3. The monoisotopic (exact) mass is 145 g/mol. The van der Waals surface area contributed by atoms with E-state index in [4.69, 9.17) is 4.11 Å². The minimum Gasteiger partial charge on any atom is -0.466 e. The predicted octanol–water partition coefficient (Wildman–Crippen LogP) is 1.91. The molecule has 58 valence electrons. The van der Waals surface area contributed by atoms with Gasteiger partial charge in [0.2, 0.25) is 0 Å². The summed E-state index contributed by atoms with van der Waals surface area (Å²) in [6, 6.07) is 0. The molecule has 0 aromatic heterocycles. The summed E-state index contributed by atoms with van der Waals surface area (Å²) in [6.45, 7) is -0.253. The molecular weight excluding hydrogens is 128 g/mol. The summed E-state index contributed by atoms with van der Waals surface area (Å²) in [5.41, 5.74) is 0. The lowest BCUT2D eigenvalue weighted by Gasteiger charge is -1.95. The maximum atomic E-state index is 10.3.